The Kier molecular flexibility index (Phi) is 11.9. The van der Waals surface area contributed by atoms with Gasteiger partial charge >= 0.3 is 0 Å². The number of rotatable bonds is 14. The molecule has 0 rings (SSSR count). The van der Waals surface area contributed by atoms with Crippen LogP contribution in [0.5, 0.6) is 0 Å². The second-order valence-electron chi connectivity index (χ2n) is 6.73. The largest absolute Gasteiger partial charge is 0.359 e. The number of hydrogen-bond donors (Lipinski definition) is 1. The van der Waals surface area contributed by atoms with E-state index in [1.165, 1.54) is 57.8 Å². The van der Waals surface area contributed by atoms with Gasteiger partial charge in [0.15, 0.2) is 0 Å². The lowest BCUT2D eigenvalue weighted by Crippen LogP contribution is -2.56. The lowest BCUT2D eigenvalue weighted by molar-refractivity contribution is -0.0658. The molecule has 0 aliphatic carbocycles. The van der Waals surface area contributed by atoms with E-state index in [-0.39, 0.29) is 0 Å². The van der Waals surface area contributed by atoms with E-state index >= 15 is 0 Å². The van der Waals surface area contributed by atoms with E-state index in [2.05, 4.69) is 6.92 Å². The van der Waals surface area contributed by atoms with Gasteiger partial charge in [-0.1, -0.05) is 64.7 Å². The van der Waals surface area contributed by atoms with Gasteiger partial charge in [0.25, 0.3) is 0 Å². The molecule has 0 aromatic carbocycles. The molecule has 128 valence electrons. The third kappa shape index (κ3) is 9.76. The summed E-state index contributed by atoms with van der Waals surface area (Å²) in [5.41, 5.74) is 5.64. The molecule has 0 saturated carbocycles. The molecule has 0 aromatic heterocycles. The molecule has 3 heteroatoms. The molecule has 0 saturated heterocycles. The van der Waals surface area contributed by atoms with Gasteiger partial charge in [-0.15, -0.1) is 11.6 Å². The van der Waals surface area contributed by atoms with Gasteiger partial charge in [0.1, 0.15) is 5.72 Å². The van der Waals surface area contributed by atoms with Crippen molar-refractivity contribution in [3.05, 3.63) is 0 Å². The second kappa shape index (κ2) is 11.7. The first kappa shape index (κ1) is 21.2. The lowest BCUT2D eigenvalue weighted by atomic mass is 9.92. The van der Waals surface area contributed by atoms with Gasteiger partial charge in [-0.2, -0.15) is 0 Å². The lowest BCUT2D eigenvalue weighted by Gasteiger charge is -2.39. The first-order chi connectivity index (χ1) is 9.87. The first-order valence-corrected chi connectivity index (χ1v) is 9.37. The second-order valence-corrected chi connectivity index (χ2v) is 7.67. The highest BCUT2D eigenvalue weighted by Crippen LogP contribution is 2.32. The molecule has 21 heavy (non-hydrogen) atoms. The fraction of sp³-hybridized carbons (Fsp3) is 1.00. The van der Waals surface area contributed by atoms with Crippen LogP contribution in [-0.2, 0) is 4.74 Å². The molecule has 1 unspecified atom stereocenters. The van der Waals surface area contributed by atoms with E-state index in [1.807, 2.05) is 20.8 Å². The fourth-order valence-electron chi connectivity index (χ4n) is 2.67. The van der Waals surface area contributed by atoms with Crippen LogP contribution in [-0.4, -0.2) is 17.2 Å². The van der Waals surface area contributed by atoms with Crippen molar-refractivity contribution < 1.29 is 4.74 Å². The summed E-state index contributed by atoms with van der Waals surface area (Å²) in [6.07, 6.45) is 14.1. The molecule has 0 amide bonds. The Morgan fingerprint density at radius 2 is 1.24 bits per heavy atom. The molecule has 0 bridgehead atoms. The minimum atomic E-state index is -0.705. The van der Waals surface area contributed by atoms with Gasteiger partial charge in [-0.25, -0.2) is 0 Å². The van der Waals surface area contributed by atoms with Crippen LogP contribution in [0, 0.1) is 0 Å². The van der Waals surface area contributed by atoms with E-state index in [1.54, 1.807) is 0 Å². The van der Waals surface area contributed by atoms with Gasteiger partial charge in [-0.05, 0) is 33.6 Å². The summed E-state index contributed by atoms with van der Waals surface area (Å²) < 4.78 is 5.72. The molecule has 0 aliphatic rings. The topological polar surface area (TPSA) is 35.2 Å². The maximum Gasteiger partial charge on any atom is 0.135 e. The first-order valence-electron chi connectivity index (χ1n) is 8.99. The van der Waals surface area contributed by atoms with Crippen molar-refractivity contribution in [2.24, 2.45) is 5.73 Å². The summed E-state index contributed by atoms with van der Waals surface area (Å²) in [6.45, 7) is 8.75. The van der Waals surface area contributed by atoms with E-state index in [9.17, 15) is 0 Å². The van der Waals surface area contributed by atoms with Crippen molar-refractivity contribution in [3.63, 3.8) is 0 Å². The van der Waals surface area contributed by atoms with Crippen molar-refractivity contribution in [1.29, 1.82) is 0 Å². The van der Waals surface area contributed by atoms with E-state index in [0.717, 1.165) is 12.8 Å². The highest BCUT2D eigenvalue weighted by molar-refractivity contribution is 6.24. The minimum absolute atomic E-state index is 0.526. The summed E-state index contributed by atoms with van der Waals surface area (Å²) in [5, 5.41) is 0. The normalized spacial score (nSPS) is 15.1. The van der Waals surface area contributed by atoms with Crippen LogP contribution < -0.4 is 5.73 Å². The van der Waals surface area contributed by atoms with Crippen LogP contribution in [0.3, 0.4) is 0 Å². The molecular weight excluding hydrogens is 282 g/mol. The van der Waals surface area contributed by atoms with Crippen molar-refractivity contribution in [1.82, 2.24) is 0 Å². The number of alkyl halides is 1. The molecule has 2 N–H and O–H groups in total. The molecule has 0 fully saturated rings. The minimum Gasteiger partial charge on any atom is -0.359 e. The average molecular weight is 320 g/mol. The zero-order valence-corrected chi connectivity index (χ0v) is 15.6. The molecule has 0 spiro atoms. The third-order valence-corrected chi connectivity index (χ3v) is 4.63. The van der Waals surface area contributed by atoms with E-state index < -0.39 is 10.6 Å². The van der Waals surface area contributed by atoms with Crippen LogP contribution in [0.2, 0.25) is 0 Å². The highest BCUT2D eigenvalue weighted by Gasteiger charge is 2.40. The van der Waals surface area contributed by atoms with E-state index in [4.69, 9.17) is 22.1 Å². The summed E-state index contributed by atoms with van der Waals surface area (Å²) >= 11 is 6.39. The predicted molar refractivity (Wildman–Crippen MR) is 94.9 cm³/mol. The van der Waals surface area contributed by atoms with Crippen LogP contribution >= 0.6 is 11.6 Å². The Labute approximate surface area is 138 Å². The summed E-state index contributed by atoms with van der Waals surface area (Å²) in [6, 6.07) is 0. The molecule has 1 atom stereocenters. The van der Waals surface area contributed by atoms with Gasteiger partial charge in [0.2, 0.25) is 0 Å². The molecule has 0 aromatic rings. The van der Waals surface area contributed by atoms with Crippen LogP contribution in [0.4, 0.5) is 0 Å². The smallest absolute Gasteiger partial charge is 0.135 e. The number of nitrogens with two attached hydrogens (primary N) is 1. The number of unbranched alkanes of at least 4 members (excludes halogenated alkanes) is 9. The van der Waals surface area contributed by atoms with Gasteiger partial charge in [-0.3, -0.25) is 0 Å². The molecule has 0 radical (unpaired) electrons. The van der Waals surface area contributed by atoms with Crippen molar-refractivity contribution in [3.8, 4) is 0 Å². The number of ether oxygens (including phenoxy) is 1. The number of halogens is 1. The van der Waals surface area contributed by atoms with Crippen LogP contribution in [0.15, 0.2) is 0 Å². The summed E-state index contributed by atoms with van der Waals surface area (Å²) in [5.74, 6) is 0. The monoisotopic (exact) mass is 319 g/mol. The Bertz CT molecular complexity index is 240. The van der Waals surface area contributed by atoms with Crippen LogP contribution in [0.1, 0.15) is 98.3 Å². The fourth-order valence-corrected chi connectivity index (χ4v) is 2.82. The molecule has 0 heterocycles. The van der Waals surface area contributed by atoms with Gasteiger partial charge in [0.05, 0.1) is 4.87 Å². The zero-order chi connectivity index (χ0) is 16.2. The van der Waals surface area contributed by atoms with Gasteiger partial charge < -0.3 is 10.5 Å². The Morgan fingerprint density at radius 3 is 1.62 bits per heavy atom. The Hall–Kier alpha value is 0.210. The Balaban J connectivity index is 3.64. The average Bonchev–Trinajstić information content (AvgIpc) is 2.40. The highest BCUT2D eigenvalue weighted by atomic mass is 35.5. The molecule has 2 nitrogen and oxygen atoms in total. The maximum atomic E-state index is 6.39. The van der Waals surface area contributed by atoms with Crippen molar-refractivity contribution >= 4 is 11.6 Å². The summed E-state index contributed by atoms with van der Waals surface area (Å²) in [7, 11) is 0. The third-order valence-electron chi connectivity index (χ3n) is 4.31. The standard InChI is InChI=1S/C18H38ClNO/c1-5-7-8-9-10-11-12-13-14-15-16-18(20,21-6-2)17(3,4)19/h5-16,20H2,1-4H3. The SMILES string of the molecule is CCCCCCCCCCCCC(N)(OCC)C(C)(C)Cl. The van der Waals surface area contributed by atoms with Crippen molar-refractivity contribution in [2.45, 2.75) is 109 Å². The number of hydrogen-bond acceptors (Lipinski definition) is 2. The quantitative estimate of drug-likeness (QED) is 0.242. The molecular formula is C18H38ClNO. The summed E-state index contributed by atoms with van der Waals surface area (Å²) in [4.78, 5) is -0.526. The van der Waals surface area contributed by atoms with E-state index in [0.29, 0.717) is 6.61 Å². The van der Waals surface area contributed by atoms with Gasteiger partial charge in [0, 0.05) is 6.61 Å². The van der Waals surface area contributed by atoms with Crippen LogP contribution in [0.25, 0.3) is 0 Å². The maximum absolute atomic E-state index is 6.39. The zero-order valence-electron chi connectivity index (χ0n) is 14.8. The van der Waals surface area contributed by atoms with Crippen molar-refractivity contribution in [2.75, 3.05) is 6.61 Å². The predicted octanol–water partition coefficient (Wildman–Crippen LogP) is 6.01. The Morgan fingerprint density at radius 1 is 0.810 bits per heavy atom. The molecule has 0 aliphatic heterocycles.